The number of aryl methyl sites for hydroxylation is 1. The first kappa shape index (κ1) is 21.4. The van der Waals surface area contributed by atoms with Crippen molar-refractivity contribution in [2.24, 2.45) is 0 Å². The van der Waals surface area contributed by atoms with Crippen LogP contribution in [0.2, 0.25) is 0 Å². The van der Waals surface area contributed by atoms with E-state index in [2.05, 4.69) is 67.7 Å². The van der Waals surface area contributed by atoms with Crippen LogP contribution in [0.3, 0.4) is 0 Å². The lowest BCUT2D eigenvalue weighted by molar-refractivity contribution is -0.909. The van der Waals surface area contributed by atoms with Crippen LogP contribution >= 0.6 is 0 Å². The molecule has 33 heavy (non-hydrogen) atoms. The van der Waals surface area contributed by atoms with E-state index in [9.17, 15) is 0 Å². The van der Waals surface area contributed by atoms with E-state index < -0.39 is 0 Å². The average molecular weight is 445 g/mol. The number of rotatable bonds is 5. The van der Waals surface area contributed by atoms with Crippen molar-refractivity contribution in [3.05, 3.63) is 88.1 Å². The molecule has 3 unspecified atom stereocenters. The van der Waals surface area contributed by atoms with Gasteiger partial charge in [-0.1, -0.05) is 29.8 Å². The lowest BCUT2D eigenvalue weighted by Gasteiger charge is -2.41. The summed E-state index contributed by atoms with van der Waals surface area (Å²) in [7, 11) is 6.76. The molecule has 0 spiro atoms. The van der Waals surface area contributed by atoms with Gasteiger partial charge in [-0.25, -0.2) is 0 Å². The first-order valence-electron chi connectivity index (χ1n) is 11.2. The van der Waals surface area contributed by atoms with E-state index in [1.165, 1.54) is 38.3 Å². The summed E-state index contributed by atoms with van der Waals surface area (Å²) in [5, 5.41) is 0. The fraction of sp³-hybridized carbons (Fsp3) is 0.286. The van der Waals surface area contributed by atoms with Crippen LogP contribution in [0, 0.1) is 6.92 Å². The van der Waals surface area contributed by atoms with Gasteiger partial charge in [0.1, 0.15) is 12.1 Å². The van der Waals surface area contributed by atoms with Crippen LogP contribution in [0.5, 0.6) is 23.0 Å². The Bertz CT molecular complexity index is 1220. The minimum atomic E-state index is 0.136. The second-order valence-corrected chi connectivity index (χ2v) is 8.68. The molecule has 2 aliphatic rings. The summed E-state index contributed by atoms with van der Waals surface area (Å²) in [4.78, 5) is 1.39. The molecule has 0 aromatic heterocycles. The molecule has 1 N–H and O–H groups in total. The molecule has 0 saturated carbocycles. The molecule has 0 bridgehead atoms. The maximum atomic E-state index is 5.67. The highest BCUT2D eigenvalue weighted by Gasteiger charge is 2.42. The smallest absolute Gasteiger partial charge is 0.161 e. The van der Waals surface area contributed by atoms with Gasteiger partial charge < -0.3 is 18.9 Å². The van der Waals surface area contributed by atoms with Crippen LogP contribution in [0.25, 0.3) is 6.08 Å². The number of benzene rings is 3. The Labute approximate surface area is 195 Å². The third kappa shape index (κ3) is 3.53. The summed E-state index contributed by atoms with van der Waals surface area (Å²) in [5.74, 6) is 3.04. The predicted octanol–water partition coefficient (Wildman–Crippen LogP) is 4.29. The number of hydrogen-bond acceptors (Lipinski definition) is 4. The number of fused-ring (bicyclic) bond motifs is 4. The fourth-order valence-corrected chi connectivity index (χ4v) is 5.28. The summed E-state index contributed by atoms with van der Waals surface area (Å²) >= 11 is 0. The van der Waals surface area contributed by atoms with Gasteiger partial charge in [0.15, 0.2) is 23.0 Å². The van der Waals surface area contributed by atoms with E-state index in [-0.39, 0.29) is 12.1 Å². The Balaban J connectivity index is 1.71. The monoisotopic (exact) mass is 444 g/mol. The SMILES string of the molecule is COc1cc2c(cc1OC)C1Cc3cc(OC)c(OC)cc3C(c3ccc(C)cc3)[NH+]1C=C2. The standard InChI is InChI=1S/C28H29NO4/c1-17-6-8-18(9-7-17)28-22-16-27(33-5)25(31-3)14-20(22)12-23-21-15-26(32-4)24(30-2)13-19(21)10-11-29(23)28/h6-11,13-16,23,28H,12H2,1-5H3/p+1. The van der Waals surface area contributed by atoms with Crippen molar-refractivity contribution in [1.29, 1.82) is 0 Å². The summed E-state index contributed by atoms with van der Waals surface area (Å²) in [5.41, 5.74) is 7.53. The van der Waals surface area contributed by atoms with Gasteiger partial charge in [-0.2, -0.15) is 0 Å². The third-order valence-corrected chi connectivity index (χ3v) is 6.95. The quantitative estimate of drug-likeness (QED) is 0.638. The van der Waals surface area contributed by atoms with Gasteiger partial charge in [0.05, 0.1) is 34.6 Å². The summed E-state index contributed by atoms with van der Waals surface area (Å²) < 4.78 is 22.5. The van der Waals surface area contributed by atoms with Crippen LogP contribution < -0.4 is 23.8 Å². The maximum Gasteiger partial charge on any atom is 0.161 e. The molecule has 5 heteroatoms. The molecule has 0 aliphatic carbocycles. The lowest BCUT2D eigenvalue weighted by atomic mass is 9.80. The molecule has 0 radical (unpaired) electrons. The van der Waals surface area contributed by atoms with Crippen molar-refractivity contribution in [2.75, 3.05) is 28.4 Å². The van der Waals surface area contributed by atoms with Crippen molar-refractivity contribution in [2.45, 2.75) is 25.4 Å². The Morgan fingerprint density at radius 2 is 1.30 bits per heavy atom. The van der Waals surface area contributed by atoms with Crippen LogP contribution in [-0.2, 0) is 6.42 Å². The third-order valence-electron chi connectivity index (χ3n) is 6.95. The molecular formula is C28H30NO4+. The molecule has 3 aromatic carbocycles. The van der Waals surface area contributed by atoms with E-state index in [0.29, 0.717) is 0 Å². The van der Waals surface area contributed by atoms with Gasteiger partial charge in [-0.15, -0.1) is 0 Å². The van der Waals surface area contributed by atoms with E-state index in [4.69, 9.17) is 18.9 Å². The molecule has 0 saturated heterocycles. The number of nitrogens with one attached hydrogen (secondary N) is 1. The van der Waals surface area contributed by atoms with Crippen molar-refractivity contribution in [3.63, 3.8) is 0 Å². The Kier molecular flexibility index (Phi) is 5.51. The normalized spacial score (nSPS) is 20.3. The molecule has 5 nitrogen and oxygen atoms in total. The minimum Gasteiger partial charge on any atom is -0.493 e. The first-order valence-corrected chi connectivity index (χ1v) is 11.2. The van der Waals surface area contributed by atoms with Crippen LogP contribution in [0.1, 0.15) is 45.5 Å². The molecule has 170 valence electrons. The van der Waals surface area contributed by atoms with E-state index in [0.717, 1.165) is 29.4 Å². The summed E-state index contributed by atoms with van der Waals surface area (Å²) in [6.45, 7) is 2.12. The fourth-order valence-electron chi connectivity index (χ4n) is 5.28. The highest BCUT2D eigenvalue weighted by molar-refractivity contribution is 5.62. The van der Waals surface area contributed by atoms with E-state index in [1.54, 1.807) is 28.4 Å². The van der Waals surface area contributed by atoms with E-state index in [1.807, 2.05) is 0 Å². The second-order valence-electron chi connectivity index (χ2n) is 8.68. The molecular weight excluding hydrogens is 414 g/mol. The molecule has 3 atom stereocenters. The molecule has 3 aromatic rings. The maximum absolute atomic E-state index is 5.67. The van der Waals surface area contributed by atoms with Gasteiger partial charge in [-0.05, 0) is 48.4 Å². The van der Waals surface area contributed by atoms with Crippen molar-refractivity contribution in [1.82, 2.24) is 0 Å². The number of quaternary nitrogens is 1. The molecule has 2 aliphatic heterocycles. The highest BCUT2D eigenvalue weighted by Crippen LogP contribution is 2.42. The molecule has 5 rings (SSSR count). The number of hydrogen-bond donors (Lipinski definition) is 1. The topological polar surface area (TPSA) is 41.4 Å². The molecule has 0 amide bonds. The van der Waals surface area contributed by atoms with Crippen molar-refractivity contribution < 1.29 is 23.8 Å². The molecule has 2 heterocycles. The number of ether oxygens (including phenoxy) is 4. The van der Waals surface area contributed by atoms with Gasteiger partial charge >= 0.3 is 0 Å². The summed E-state index contributed by atoms with van der Waals surface area (Å²) in [6.07, 6.45) is 5.39. The second kappa shape index (κ2) is 8.49. The van der Waals surface area contributed by atoms with Crippen molar-refractivity contribution >= 4 is 6.08 Å². The zero-order chi connectivity index (χ0) is 23.1. The predicted molar refractivity (Wildman–Crippen MR) is 129 cm³/mol. The average Bonchev–Trinajstić information content (AvgIpc) is 2.86. The zero-order valence-corrected chi connectivity index (χ0v) is 19.8. The van der Waals surface area contributed by atoms with Crippen LogP contribution in [-0.4, -0.2) is 28.4 Å². The Morgan fingerprint density at radius 1 is 0.727 bits per heavy atom. The lowest BCUT2D eigenvalue weighted by Crippen LogP contribution is -3.10. The first-order chi connectivity index (χ1) is 16.1. The van der Waals surface area contributed by atoms with Gasteiger partial charge in [0, 0.05) is 23.1 Å². The van der Waals surface area contributed by atoms with Gasteiger partial charge in [0.2, 0.25) is 0 Å². The van der Waals surface area contributed by atoms with Crippen LogP contribution in [0.15, 0.2) is 54.7 Å². The van der Waals surface area contributed by atoms with Crippen LogP contribution in [0.4, 0.5) is 0 Å². The Hall–Kier alpha value is -3.44. The Morgan fingerprint density at radius 3 is 1.94 bits per heavy atom. The largest absolute Gasteiger partial charge is 0.493 e. The van der Waals surface area contributed by atoms with Crippen molar-refractivity contribution in [3.8, 4) is 23.0 Å². The minimum absolute atomic E-state index is 0.136. The molecule has 0 fully saturated rings. The van der Waals surface area contributed by atoms with E-state index >= 15 is 0 Å². The number of methoxy groups -OCH3 is 4. The van der Waals surface area contributed by atoms with Gasteiger partial charge in [0.25, 0.3) is 0 Å². The zero-order valence-electron chi connectivity index (χ0n) is 19.8. The summed E-state index contributed by atoms with van der Waals surface area (Å²) in [6, 6.07) is 17.8. The van der Waals surface area contributed by atoms with Gasteiger partial charge in [-0.3, -0.25) is 4.90 Å². The highest BCUT2D eigenvalue weighted by atomic mass is 16.5.